The van der Waals surface area contributed by atoms with Crippen molar-refractivity contribution < 1.29 is 9.90 Å². The molecule has 5 heteroatoms. The molecule has 1 heterocycles. The third-order valence-corrected chi connectivity index (χ3v) is 3.12. The van der Waals surface area contributed by atoms with Crippen molar-refractivity contribution in [2.75, 3.05) is 6.61 Å². The number of aromatic nitrogens is 2. The van der Waals surface area contributed by atoms with Crippen LogP contribution in [0.15, 0.2) is 0 Å². The minimum Gasteiger partial charge on any atom is -0.394 e. The number of hydrogen-bond acceptors (Lipinski definition) is 3. The molecule has 1 amide bonds. The first-order valence-electron chi connectivity index (χ1n) is 6.03. The Hall–Kier alpha value is -1.36. The third kappa shape index (κ3) is 2.49. The van der Waals surface area contributed by atoms with E-state index in [1.54, 1.807) is 13.8 Å². The fraction of sp³-hybridized carbons (Fsp3) is 0.667. The summed E-state index contributed by atoms with van der Waals surface area (Å²) in [5.74, 6) is -0.205. The summed E-state index contributed by atoms with van der Waals surface area (Å²) in [6.45, 7) is 3.47. The highest BCUT2D eigenvalue weighted by Crippen LogP contribution is 2.22. The molecule has 1 aliphatic rings. The first kappa shape index (κ1) is 12.1. The van der Waals surface area contributed by atoms with Crippen molar-refractivity contribution in [3.05, 3.63) is 17.0 Å². The molecule has 1 aliphatic carbocycles. The summed E-state index contributed by atoms with van der Waals surface area (Å²) in [5.41, 5.74) is 2.00. The number of H-pyrrole nitrogens is 1. The van der Waals surface area contributed by atoms with E-state index in [9.17, 15) is 4.79 Å². The van der Waals surface area contributed by atoms with Crippen LogP contribution >= 0.6 is 0 Å². The summed E-state index contributed by atoms with van der Waals surface area (Å²) < 4.78 is 0. The Morgan fingerprint density at radius 2 is 2.18 bits per heavy atom. The lowest BCUT2D eigenvalue weighted by molar-refractivity contribution is 0.0863. The van der Waals surface area contributed by atoms with E-state index in [1.807, 2.05) is 0 Å². The van der Waals surface area contributed by atoms with Gasteiger partial charge in [-0.3, -0.25) is 9.89 Å². The van der Waals surface area contributed by atoms with E-state index >= 15 is 0 Å². The first-order chi connectivity index (χ1) is 8.03. The molecule has 0 aliphatic heterocycles. The molecule has 0 aromatic carbocycles. The minimum absolute atomic E-state index is 0.0919. The van der Waals surface area contributed by atoms with E-state index in [-0.39, 0.29) is 12.5 Å². The first-order valence-corrected chi connectivity index (χ1v) is 6.03. The molecule has 0 radical (unpaired) electrons. The number of aliphatic hydroxyl groups excluding tert-OH is 1. The van der Waals surface area contributed by atoms with E-state index in [1.165, 1.54) is 0 Å². The predicted molar refractivity (Wildman–Crippen MR) is 63.9 cm³/mol. The Morgan fingerprint density at radius 1 is 1.47 bits per heavy atom. The quantitative estimate of drug-likeness (QED) is 0.727. The van der Waals surface area contributed by atoms with Gasteiger partial charge in [-0.25, -0.2) is 0 Å². The molecule has 3 N–H and O–H groups in total. The van der Waals surface area contributed by atoms with Crippen LogP contribution in [-0.4, -0.2) is 33.4 Å². The van der Waals surface area contributed by atoms with Crippen LogP contribution in [0.3, 0.4) is 0 Å². The van der Waals surface area contributed by atoms with Crippen molar-refractivity contribution >= 4 is 5.91 Å². The van der Waals surface area contributed by atoms with Gasteiger partial charge in [-0.2, -0.15) is 5.10 Å². The molecule has 5 nitrogen and oxygen atoms in total. The van der Waals surface area contributed by atoms with Crippen LogP contribution < -0.4 is 5.32 Å². The van der Waals surface area contributed by atoms with Gasteiger partial charge >= 0.3 is 0 Å². The summed E-state index contributed by atoms with van der Waals surface area (Å²) in [5, 5.41) is 19.0. The lowest BCUT2D eigenvalue weighted by atomic mass is 9.95. The maximum absolute atomic E-state index is 12.0. The Bertz CT molecular complexity index is 423. The monoisotopic (exact) mass is 237 g/mol. The number of hydrogen-bond donors (Lipinski definition) is 3. The largest absolute Gasteiger partial charge is 0.394 e. The van der Waals surface area contributed by atoms with Crippen LogP contribution in [0.4, 0.5) is 0 Å². The molecule has 0 fully saturated rings. The van der Waals surface area contributed by atoms with Gasteiger partial charge < -0.3 is 10.4 Å². The van der Waals surface area contributed by atoms with Gasteiger partial charge in [0.05, 0.1) is 12.1 Å². The highest BCUT2D eigenvalue weighted by atomic mass is 16.3. The fourth-order valence-corrected chi connectivity index (χ4v) is 2.07. The second kappa shape index (κ2) is 4.49. The number of carbonyl (C=O) groups is 1. The van der Waals surface area contributed by atoms with Gasteiger partial charge in [0.1, 0.15) is 0 Å². The number of nitrogens with zero attached hydrogens (tertiary/aromatic N) is 1. The van der Waals surface area contributed by atoms with Crippen LogP contribution in [0.1, 0.15) is 48.4 Å². The summed E-state index contributed by atoms with van der Waals surface area (Å²) in [7, 11) is 0. The molecular formula is C12H19N3O2. The van der Waals surface area contributed by atoms with Crippen molar-refractivity contribution in [1.29, 1.82) is 0 Å². The summed E-state index contributed by atoms with van der Waals surface area (Å²) in [4.78, 5) is 12.0. The summed E-state index contributed by atoms with van der Waals surface area (Å²) >= 11 is 0. The van der Waals surface area contributed by atoms with Gasteiger partial charge in [0.2, 0.25) is 0 Å². The number of aryl methyl sites for hydroxylation is 1. The van der Waals surface area contributed by atoms with Crippen molar-refractivity contribution in [2.45, 2.75) is 45.1 Å². The molecule has 0 spiro atoms. The molecule has 17 heavy (non-hydrogen) atoms. The number of aromatic amines is 1. The smallest absolute Gasteiger partial charge is 0.272 e. The fourth-order valence-electron chi connectivity index (χ4n) is 2.07. The summed E-state index contributed by atoms with van der Waals surface area (Å²) in [6.07, 6.45) is 4.14. The molecule has 1 aromatic rings. The zero-order valence-electron chi connectivity index (χ0n) is 10.3. The van der Waals surface area contributed by atoms with E-state index in [4.69, 9.17) is 5.11 Å². The molecule has 2 rings (SSSR count). The van der Waals surface area contributed by atoms with Crippen LogP contribution in [0.2, 0.25) is 0 Å². The van der Waals surface area contributed by atoms with E-state index in [0.717, 1.165) is 36.9 Å². The normalized spacial score (nSPS) is 15.5. The van der Waals surface area contributed by atoms with Crippen LogP contribution in [-0.2, 0) is 12.8 Å². The van der Waals surface area contributed by atoms with Gasteiger partial charge in [0, 0.05) is 11.3 Å². The number of carbonyl (C=O) groups excluding carboxylic acids is 1. The summed E-state index contributed by atoms with van der Waals surface area (Å²) in [6, 6.07) is 0. The van der Waals surface area contributed by atoms with E-state index in [2.05, 4.69) is 15.5 Å². The van der Waals surface area contributed by atoms with E-state index < -0.39 is 5.54 Å². The van der Waals surface area contributed by atoms with Crippen LogP contribution in [0.5, 0.6) is 0 Å². The van der Waals surface area contributed by atoms with Crippen molar-refractivity contribution in [1.82, 2.24) is 15.5 Å². The topological polar surface area (TPSA) is 78.0 Å². The number of fused-ring (bicyclic) bond motifs is 1. The molecule has 0 saturated carbocycles. The van der Waals surface area contributed by atoms with E-state index in [0.29, 0.717) is 5.69 Å². The molecule has 1 aromatic heterocycles. The highest BCUT2D eigenvalue weighted by Gasteiger charge is 2.26. The molecule has 0 unspecified atom stereocenters. The molecule has 0 bridgehead atoms. The van der Waals surface area contributed by atoms with Crippen LogP contribution in [0, 0.1) is 0 Å². The lowest BCUT2D eigenvalue weighted by Crippen LogP contribution is -2.46. The average molecular weight is 237 g/mol. The Morgan fingerprint density at radius 3 is 2.88 bits per heavy atom. The van der Waals surface area contributed by atoms with Crippen molar-refractivity contribution in [3.8, 4) is 0 Å². The zero-order valence-corrected chi connectivity index (χ0v) is 10.3. The minimum atomic E-state index is -0.614. The van der Waals surface area contributed by atoms with Gasteiger partial charge in [-0.05, 0) is 39.5 Å². The van der Waals surface area contributed by atoms with Crippen molar-refractivity contribution in [2.24, 2.45) is 0 Å². The Labute approximate surface area is 101 Å². The predicted octanol–water partition coefficient (Wildman–Crippen LogP) is 0.789. The van der Waals surface area contributed by atoms with Crippen LogP contribution in [0.25, 0.3) is 0 Å². The Balaban J connectivity index is 2.17. The molecule has 0 saturated heterocycles. The Kier molecular flexibility index (Phi) is 3.19. The number of amides is 1. The number of aliphatic hydroxyl groups is 1. The second-order valence-electron chi connectivity index (χ2n) is 5.23. The average Bonchev–Trinajstić information content (AvgIpc) is 2.72. The number of rotatable bonds is 3. The van der Waals surface area contributed by atoms with Crippen molar-refractivity contribution in [3.63, 3.8) is 0 Å². The van der Waals surface area contributed by atoms with Gasteiger partial charge in [-0.1, -0.05) is 0 Å². The van der Waals surface area contributed by atoms with Gasteiger partial charge in [0.15, 0.2) is 5.69 Å². The third-order valence-electron chi connectivity index (χ3n) is 3.12. The SMILES string of the molecule is CC(C)(CO)NC(=O)c1n[nH]c2c1CCCC2. The number of nitrogens with one attached hydrogen (secondary N) is 2. The molecular weight excluding hydrogens is 218 g/mol. The van der Waals surface area contributed by atoms with Gasteiger partial charge in [0.25, 0.3) is 5.91 Å². The maximum atomic E-state index is 12.0. The molecule has 94 valence electrons. The second-order valence-corrected chi connectivity index (χ2v) is 5.23. The highest BCUT2D eigenvalue weighted by molar-refractivity contribution is 5.94. The standard InChI is InChI=1S/C12H19N3O2/c1-12(2,7-16)13-11(17)10-8-5-3-4-6-9(8)14-15-10/h16H,3-7H2,1-2H3,(H,13,17)(H,14,15). The molecule has 0 atom stereocenters. The maximum Gasteiger partial charge on any atom is 0.272 e. The lowest BCUT2D eigenvalue weighted by Gasteiger charge is -2.23. The van der Waals surface area contributed by atoms with Gasteiger partial charge in [-0.15, -0.1) is 0 Å². The zero-order chi connectivity index (χ0) is 12.5.